The third-order valence-electron chi connectivity index (χ3n) is 6.84. The van der Waals surface area contributed by atoms with Crippen LogP contribution in [0.2, 0.25) is 0 Å². The number of hydrogen-bond donors (Lipinski definition) is 1. The van der Waals surface area contributed by atoms with E-state index in [0.717, 1.165) is 42.9 Å². The Balaban J connectivity index is 1.51. The third kappa shape index (κ3) is 3.02. The maximum absolute atomic E-state index is 6.47. The molecule has 2 N–H and O–H groups in total. The van der Waals surface area contributed by atoms with E-state index in [2.05, 4.69) is 64.1 Å². The molecule has 0 saturated heterocycles. The predicted octanol–water partition coefficient (Wildman–Crippen LogP) is 3.97. The van der Waals surface area contributed by atoms with Crippen molar-refractivity contribution < 1.29 is 4.74 Å². The van der Waals surface area contributed by atoms with Gasteiger partial charge in [-0.1, -0.05) is 37.1 Å². The van der Waals surface area contributed by atoms with E-state index in [4.69, 9.17) is 10.5 Å². The molecule has 1 saturated carbocycles. The molecule has 1 fully saturated rings. The summed E-state index contributed by atoms with van der Waals surface area (Å²) in [4.78, 5) is 2.31. The topological polar surface area (TPSA) is 68.7 Å². The van der Waals surface area contributed by atoms with Gasteiger partial charge in [0.1, 0.15) is 11.9 Å². The second-order valence-electron chi connectivity index (χ2n) is 8.67. The predicted molar refractivity (Wildman–Crippen MR) is 113 cm³/mol. The average Bonchev–Trinajstić information content (AvgIpc) is 3.38. The van der Waals surface area contributed by atoms with E-state index in [9.17, 15) is 0 Å². The minimum atomic E-state index is -0.0533. The molecule has 2 unspecified atom stereocenters. The SMILES string of the molecule is CN(C)C1(c2nnc3ccc(OC4CCC(N)c5ccccc54)cn23)CCCC1. The van der Waals surface area contributed by atoms with Gasteiger partial charge in [0.25, 0.3) is 0 Å². The van der Waals surface area contributed by atoms with E-state index in [0.29, 0.717) is 0 Å². The molecular weight excluding hydrogens is 362 g/mol. The lowest BCUT2D eigenvalue weighted by Crippen LogP contribution is -2.40. The summed E-state index contributed by atoms with van der Waals surface area (Å²) >= 11 is 0. The Morgan fingerprint density at radius 1 is 1.03 bits per heavy atom. The lowest BCUT2D eigenvalue weighted by molar-refractivity contribution is 0.145. The fourth-order valence-corrected chi connectivity index (χ4v) is 5.16. The minimum absolute atomic E-state index is 0.0256. The molecule has 152 valence electrons. The van der Waals surface area contributed by atoms with Gasteiger partial charge in [-0.3, -0.25) is 9.30 Å². The summed E-state index contributed by atoms with van der Waals surface area (Å²) in [7, 11) is 4.30. The lowest BCUT2D eigenvalue weighted by Gasteiger charge is -2.34. The zero-order valence-electron chi connectivity index (χ0n) is 17.2. The van der Waals surface area contributed by atoms with Crippen molar-refractivity contribution in [1.29, 1.82) is 0 Å². The molecule has 2 heterocycles. The Bertz CT molecular complexity index is 1020. The van der Waals surface area contributed by atoms with Crippen molar-refractivity contribution in [2.24, 2.45) is 5.73 Å². The van der Waals surface area contributed by atoms with E-state index in [1.807, 2.05) is 12.1 Å². The van der Waals surface area contributed by atoms with Crippen LogP contribution in [0.15, 0.2) is 42.6 Å². The summed E-state index contributed by atoms with van der Waals surface area (Å²) in [6.45, 7) is 0. The Kier molecular flexibility index (Phi) is 4.56. The first-order chi connectivity index (χ1) is 14.1. The molecule has 0 spiro atoms. The summed E-state index contributed by atoms with van der Waals surface area (Å²) in [5, 5.41) is 9.04. The number of rotatable bonds is 4. The summed E-state index contributed by atoms with van der Waals surface area (Å²) in [5.41, 5.74) is 9.53. The monoisotopic (exact) mass is 391 g/mol. The molecule has 3 aromatic rings. The largest absolute Gasteiger partial charge is 0.484 e. The summed E-state index contributed by atoms with van der Waals surface area (Å²) in [6, 6.07) is 12.5. The van der Waals surface area contributed by atoms with Crippen molar-refractivity contribution in [2.75, 3.05) is 14.1 Å². The molecule has 2 aliphatic carbocycles. The molecule has 1 aromatic carbocycles. The van der Waals surface area contributed by atoms with Crippen LogP contribution in [0.3, 0.4) is 0 Å². The maximum Gasteiger partial charge on any atom is 0.161 e. The molecule has 0 bridgehead atoms. The van der Waals surface area contributed by atoms with Crippen LogP contribution in [0, 0.1) is 0 Å². The van der Waals surface area contributed by atoms with Crippen LogP contribution in [0.1, 0.15) is 67.6 Å². The first-order valence-corrected chi connectivity index (χ1v) is 10.6. The van der Waals surface area contributed by atoms with Gasteiger partial charge in [-0.25, -0.2) is 0 Å². The summed E-state index contributed by atoms with van der Waals surface area (Å²) in [6.07, 6.45) is 8.62. The van der Waals surface area contributed by atoms with Gasteiger partial charge < -0.3 is 10.5 Å². The molecule has 6 nitrogen and oxygen atoms in total. The number of fused-ring (bicyclic) bond motifs is 2. The maximum atomic E-state index is 6.47. The number of nitrogens with two attached hydrogens (primary N) is 1. The molecular formula is C23H29N5O. The van der Waals surface area contributed by atoms with Crippen LogP contribution in [-0.2, 0) is 5.54 Å². The Morgan fingerprint density at radius 3 is 2.55 bits per heavy atom. The number of benzene rings is 1. The van der Waals surface area contributed by atoms with Crippen molar-refractivity contribution in [2.45, 2.75) is 56.2 Å². The van der Waals surface area contributed by atoms with E-state index in [1.165, 1.54) is 24.0 Å². The molecule has 2 aliphatic rings. The molecule has 2 atom stereocenters. The highest BCUT2D eigenvalue weighted by atomic mass is 16.5. The quantitative estimate of drug-likeness (QED) is 0.729. The fraction of sp³-hybridized carbons (Fsp3) is 0.478. The van der Waals surface area contributed by atoms with Gasteiger partial charge in [0.05, 0.1) is 11.7 Å². The number of ether oxygens (including phenoxy) is 1. The summed E-state index contributed by atoms with van der Waals surface area (Å²) in [5.74, 6) is 1.87. The fourth-order valence-electron chi connectivity index (χ4n) is 5.16. The van der Waals surface area contributed by atoms with Crippen LogP contribution >= 0.6 is 0 Å². The standard InChI is InChI=1S/C23H29N5O/c1-27(2)23(13-5-6-14-23)22-26-25-21-12-9-16(15-28(21)22)29-20-11-10-19(24)17-7-3-4-8-18(17)20/h3-4,7-9,12,15,19-20H,5-6,10-11,13-14,24H2,1-2H3. The number of pyridine rings is 1. The van der Waals surface area contributed by atoms with Crippen molar-refractivity contribution in [3.05, 3.63) is 59.5 Å². The van der Waals surface area contributed by atoms with Crippen molar-refractivity contribution in [3.8, 4) is 5.75 Å². The van der Waals surface area contributed by atoms with Crippen LogP contribution in [0.25, 0.3) is 5.65 Å². The molecule has 5 rings (SSSR count). The molecule has 29 heavy (non-hydrogen) atoms. The smallest absolute Gasteiger partial charge is 0.161 e. The van der Waals surface area contributed by atoms with Crippen LogP contribution in [0.5, 0.6) is 5.75 Å². The van der Waals surface area contributed by atoms with E-state index < -0.39 is 0 Å². The first-order valence-electron chi connectivity index (χ1n) is 10.6. The van der Waals surface area contributed by atoms with Gasteiger partial charge >= 0.3 is 0 Å². The van der Waals surface area contributed by atoms with Gasteiger partial charge in [0, 0.05) is 6.04 Å². The van der Waals surface area contributed by atoms with Crippen LogP contribution in [0.4, 0.5) is 0 Å². The van der Waals surface area contributed by atoms with E-state index in [-0.39, 0.29) is 17.7 Å². The van der Waals surface area contributed by atoms with Crippen molar-refractivity contribution in [3.63, 3.8) is 0 Å². The molecule has 0 amide bonds. The van der Waals surface area contributed by atoms with Gasteiger partial charge in [-0.2, -0.15) is 0 Å². The number of aromatic nitrogens is 3. The highest BCUT2D eigenvalue weighted by molar-refractivity contribution is 5.43. The van der Waals surface area contributed by atoms with E-state index in [1.54, 1.807) is 0 Å². The third-order valence-corrected chi connectivity index (χ3v) is 6.84. The normalized spacial score (nSPS) is 23.4. The van der Waals surface area contributed by atoms with E-state index >= 15 is 0 Å². The second kappa shape index (κ2) is 7.11. The first kappa shape index (κ1) is 18.6. The molecule has 0 aliphatic heterocycles. The van der Waals surface area contributed by atoms with Crippen LogP contribution < -0.4 is 10.5 Å². The zero-order chi connectivity index (χ0) is 20.0. The Labute approximate surface area is 171 Å². The van der Waals surface area contributed by atoms with Crippen molar-refractivity contribution in [1.82, 2.24) is 19.5 Å². The van der Waals surface area contributed by atoms with Gasteiger partial charge in [0.2, 0.25) is 0 Å². The summed E-state index contributed by atoms with van der Waals surface area (Å²) < 4.78 is 8.60. The van der Waals surface area contributed by atoms with Crippen molar-refractivity contribution >= 4 is 5.65 Å². The molecule has 0 radical (unpaired) electrons. The van der Waals surface area contributed by atoms with Crippen LogP contribution in [-0.4, -0.2) is 33.6 Å². The number of nitrogens with zero attached hydrogens (tertiary/aromatic N) is 4. The molecule has 2 aromatic heterocycles. The minimum Gasteiger partial charge on any atom is -0.484 e. The highest BCUT2D eigenvalue weighted by Gasteiger charge is 2.41. The van der Waals surface area contributed by atoms with Gasteiger partial charge in [-0.05, 0) is 63.0 Å². The average molecular weight is 392 g/mol. The zero-order valence-corrected chi connectivity index (χ0v) is 17.2. The van der Waals surface area contributed by atoms with Gasteiger partial charge in [0.15, 0.2) is 11.5 Å². The Morgan fingerprint density at radius 2 is 1.79 bits per heavy atom. The lowest BCUT2D eigenvalue weighted by atomic mass is 9.86. The molecule has 6 heteroatoms. The number of hydrogen-bond acceptors (Lipinski definition) is 5. The van der Waals surface area contributed by atoms with Gasteiger partial charge in [-0.15, -0.1) is 10.2 Å². The second-order valence-corrected chi connectivity index (χ2v) is 8.67. The highest BCUT2D eigenvalue weighted by Crippen LogP contribution is 2.42. The Hall–Kier alpha value is -2.44.